The molecule has 5 nitrogen and oxygen atoms in total. The highest BCUT2D eigenvalue weighted by Crippen LogP contribution is 2.65. The summed E-state index contributed by atoms with van der Waals surface area (Å²) in [6, 6.07) is 5.38. The van der Waals surface area contributed by atoms with Gasteiger partial charge >= 0.3 is 13.1 Å². The molecule has 0 aromatic heterocycles. The Morgan fingerprint density at radius 2 is 2.00 bits per heavy atom. The van der Waals surface area contributed by atoms with Crippen molar-refractivity contribution in [2.75, 3.05) is 14.2 Å². The molecule has 4 unspecified atom stereocenters. The summed E-state index contributed by atoms with van der Waals surface area (Å²) in [5.74, 6) is 1.29. The third kappa shape index (κ3) is 2.27. The average molecular weight is 344 g/mol. The lowest BCUT2D eigenvalue weighted by molar-refractivity contribution is -0.199. The van der Waals surface area contributed by atoms with Gasteiger partial charge < -0.3 is 18.8 Å². The molecule has 0 amide bonds. The summed E-state index contributed by atoms with van der Waals surface area (Å²) in [6.07, 6.45) is 2.40. The van der Waals surface area contributed by atoms with Crippen molar-refractivity contribution in [1.82, 2.24) is 0 Å². The molecule has 1 heterocycles. The van der Waals surface area contributed by atoms with Gasteiger partial charge in [-0.05, 0) is 54.6 Å². The first-order valence-electron chi connectivity index (χ1n) is 8.90. The van der Waals surface area contributed by atoms with Gasteiger partial charge in [0.2, 0.25) is 0 Å². The van der Waals surface area contributed by atoms with Crippen LogP contribution in [-0.2, 0) is 14.0 Å². The van der Waals surface area contributed by atoms with Crippen molar-refractivity contribution in [1.29, 1.82) is 0 Å². The predicted molar refractivity (Wildman–Crippen MR) is 94.1 cm³/mol. The van der Waals surface area contributed by atoms with Crippen LogP contribution in [0.25, 0.3) is 0 Å². The summed E-state index contributed by atoms with van der Waals surface area (Å²) in [5.41, 5.74) is 1.33. The molecule has 134 valence electrons. The lowest BCUT2D eigenvalue weighted by Crippen LogP contribution is -2.65. The summed E-state index contributed by atoms with van der Waals surface area (Å²) in [6.45, 7) is 6.88. The zero-order valence-corrected chi connectivity index (χ0v) is 15.5. The summed E-state index contributed by atoms with van der Waals surface area (Å²) in [4.78, 5) is 11.8. The van der Waals surface area contributed by atoms with Crippen LogP contribution in [0.4, 0.5) is 0 Å². The summed E-state index contributed by atoms with van der Waals surface area (Å²) in [5, 5.41) is 0. The fraction of sp³-hybridized carbons (Fsp3) is 0.632. The maximum atomic E-state index is 11.8. The van der Waals surface area contributed by atoms with Gasteiger partial charge in [0, 0.05) is 0 Å². The maximum Gasteiger partial charge on any atom is 0.494 e. The second kappa shape index (κ2) is 5.48. The molecule has 4 aliphatic rings. The summed E-state index contributed by atoms with van der Waals surface area (Å²) >= 11 is 0. The number of methoxy groups -OCH3 is 2. The first-order chi connectivity index (χ1) is 11.8. The molecular weight excluding hydrogens is 319 g/mol. The van der Waals surface area contributed by atoms with E-state index < -0.39 is 13.1 Å². The van der Waals surface area contributed by atoms with Crippen LogP contribution in [0.3, 0.4) is 0 Å². The van der Waals surface area contributed by atoms with Crippen LogP contribution in [0.15, 0.2) is 18.2 Å². The van der Waals surface area contributed by atoms with E-state index in [0.29, 0.717) is 28.6 Å². The largest absolute Gasteiger partial charge is 0.496 e. The number of ether oxygens (including phenoxy) is 2. The van der Waals surface area contributed by atoms with E-state index in [9.17, 15) is 4.79 Å². The van der Waals surface area contributed by atoms with Gasteiger partial charge in [-0.15, -0.1) is 0 Å². The van der Waals surface area contributed by atoms with E-state index in [2.05, 4.69) is 20.8 Å². The molecule has 4 atom stereocenters. The Morgan fingerprint density at radius 1 is 1.24 bits per heavy atom. The summed E-state index contributed by atoms with van der Waals surface area (Å²) < 4.78 is 22.9. The van der Waals surface area contributed by atoms with Crippen molar-refractivity contribution in [3.63, 3.8) is 0 Å². The normalized spacial score (nSPS) is 34.9. The number of hydrogen-bond donors (Lipinski definition) is 0. The standard InChI is InChI=1S/C19H25BO5/c1-18(2)11-8-15(18)19(3)16(9-11)24-20(25-19)12-6-7-13(17(21)23-5)14(10-12)22-4/h6-7,10-11,15-16H,8-9H2,1-5H3. The van der Waals surface area contributed by atoms with Crippen molar-refractivity contribution >= 4 is 18.6 Å². The molecule has 5 rings (SSSR count). The monoisotopic (exact) mass is 344 g/mol. The fourth-order valence-electron chi connectivity index (χ4n) is 5.14. The highest BCUT2D eigenvalue weighted by Gasteiger charge is 2.68. The van der Waals surface area contributed by atoms with Gasteiger partial charge in [-0.3, -0.25) is 0 Å². The number of carbonyl (C=O) groups is 1. The molecule has 1 aliphatic heterocycles. The SMILES string of the molecule is COC(=O)c1ccc(B2OC3CC4CC(C4(C)C)C3(C)O2)cc1OC. The van der Waals surface area contributed by atoms with Crippen LogP contribution >= 0.6 is 0 Å². The second-order valence-corrected chi connectivity index (χ2v) is 8.25. The Morgan fingerprint density at radius 3 is 2.64 bits per heavy atom. The fourth-order valence-corrected chi connectivity index (χ4v) is 5.14. The van der Waals surface area contributed by atoms with Crippen LogP contribution in [-0.4, -0.2) is 39.0 Å². The minimum atomic E-state index is -0.425. The Hall–Kier alpha value is -1.53. The molecule has 3 aliphatic carbocycles. The van der Waals surface area contributed by atoms with Gasteiger partial charge in [-0.25, -0.2) is 4.79 Å². The number of hydrogen-bond acceptors (Lipinski definition) is 5. The molecular formula is C19H25BO5. The third-order valence-corrected chi connectivity index (χ3v) is 6.85. The summed E-state index contributed by atoms with van der Waals surface area (Å²) in [7, 11) is 2.48. The molecule has 1 aromatic carbocycles. The molecule has 2 bridgehead atoms. The van der Waals surface area contributed by atoms with E-state index in [-0.39, 0.29) is 11.7 Å². The minimum absolute atomic E-state index is 0.126. The van der Waals surface area contributed by atoms with E-state index in [0.717, 1.165) is 11.9 Å². The Kier molecular flexibility index (Phi) is 3.71. The van der Waals surface area contributed by atoms with Crippen LogP contribution in [0.5, 0.6) is 5.75 Å². The zero-order valence-electron chi connectivity index (χ0n) is 15.5. The quantitative estimate of drug-likeness (QED) is 0.623. The van der Waals surface area contributed by atoms with Crippen molar-refractivity contribution in [2.45, 2.75) is 45.3 Å². The van der Waals surface area contributed by atoms with Gasteiger partial charge in [0.1, 0.15) is 11.3 Å². The third-order valence-electron chi connectivity index (χ3n) is 6.85. The van der Waals surface area contributed by atoms with E-state index in [1.54, 1.807) is 13.2 Å². The number of esters is 1. The molecule has 25 heavy (non-hydrogen) atoms. The molecule has 0 radical (unpaired) electrons. The first kappa shape index (κ1) is 16.9. The first-order valence-corrected chi connectivity index (χ1v) is 8.90. The highest BCUT2D eigenvalue weighted by molar-refractivity contribution is 6.62. The van der Waals surface area contributed by atoms with Gasteiger partial charge in [0.15, 0.2) is 0 Å². The van der Waals surface area contributed by atoms with Crippen LogP contribution in [0.1, 0.15) is 44.0 Å². The van der Waals surface area contributed by atoms with Crippen LogP contribution in [0.2, 0.25) is 0 Å². The van der Waals surface area contributed by atoms with Crippen molar-refractivity contribution in [3.8, 4) is 5.75 Å². The second-order valence-electron chi connectivity index (χ2n) is 8.25. The molecule has 6 heteroatoms. The molecule has 4 fully saturated rings. The Bertz CT molecular complexity index is 718. The predicted octanol–water partition coefficient (Wildman–Crippen LogP) is 2.42. The Labute approximate surface area is 149 Å². The topological polar surface area (TPSA) is 54.0 Å². The molecule has 3 saturated carbocycles. The van der Waals surface area contributed by atoms with Crippen LogP contribution in [0, 0.1) is 17.3 Å². The van der Waals surface area contributed by atoms with E-state index in [1.165, 1.54) is 13.5 Å². The van der Waals surface area contributed by atoms with Gasteiger partial charge in [0.05, 0.1) is 25.9 Å². The lowest BCUT2D eigenvalue weighted by Gasteiger charge is -2.64. The Balaban J connectivity index is 1.61. The molecule has 0 N–H and O–H groups in total. The molecule has 1 aromatic rings. The zero-order chi connectivity index (χ0) is 18.0. The van der Waals surface area contributed by atoms with E-state index in [1.807, 2.05) is 12.1 Å². The minimum Gasteiger partial charge on any atom is -0.496 e. The smallest absolute Gasteiger partial charge is 0.494 e. The van der Waals surface area contributed by atoms with Crippen LogP contribution < -0.4 is 10.2 Å². The van der Waals surface area contributed by atoms with Crippen molar-refractivity contribution in [3.05, 3.63) is 23.8 Å². The van der Waals surface area contributed by atoms with Crippen molar-refractivity contribution < 1.29 is 23.6 Å². The van der Waals surface area contributed by atoms with Gasteiger partial charge in [-0.1, -0.05) is 19.9 Å². The number of carbonyl (C=O) groups excluding carboxylic acids is 1. The van der Waals surface area contributed by atoms with E-state index >= 15 is 0 Å². The molecule has 0 spiro atoms. The van der Waals surface area contributed by atoms with Crippen molar-refractivity contribution in [2.24, 2.45) is 17.3 Å². The molecule has 1 saturated heterocycles. The van der Waals surface area contributed by atoms with Gasteiger partial charge in [-0.2, -0.15) is 0 Å². The number of benzene rings is 1. The lowest BCUT2D eigenvalue weighted by atomic mass is 9.43. The number of rotatable bonds is 3. The van der Waals surface area contributed by atoms with E-state index in [4.69, 9.17) is 18.8 Å². The average Bonchev–Trinajstić information content (AvgIpc) is 2.97. The highest BCUT2D eigenvalue weighted by atomic mass is 16.7. The van der Waals surface area contributed by atoms with Gasteiger partial charge in [0.25, 0.3) is 0 Å². The maximum absolute atomic E-state index is 11.8.